The summed E-state index contributed by atoms with van der Waals surface area (Å²) in [5.41, 5.74) is 0. The van der Waals surface area contributed by atoms with Crippen molar-refractivity contribution in [1.82, 2.24) is 0 Å². The molecule has 0 amide bonds. The van der Waals surface area contributed by atoms with Gasteiger partial charge in [-0.25, -0.2) is 0 Å². The molecule has 0 fully saturated rings. The van der Waals surface area contributed by atoms with Crippen LogP contribution >= 0.6 is 0 Å². The number of allylic oxidation sites excluding steroid dienone is 2. The van der Waals surface area contributed by atoms with Gasteiger partial charge in [-0.15, -0.1) is 6.58 Å². The van der Waals surface area contributed by atoms with E-state index in [4.69, 9.17) is 0 Å². The van der Waals surface area contributed by atoms with E-state index in [0.717, 1.165) is 0 Å². The summed E-state index contributed by atoms with van der Waals surface area (Å²) in [5.74, 6) is 0. The smallest absolute Gasteiger partial charge is 0.184 e. The summed E-state index contributed by atoms with van der Waals surface area (Å²) in [6, 6.07) is 0. The Bertz CT molecular complexity index is 226. The number of hydrogen-bond donors (Lipinski definition) is 0. The molecule has 0 N–H and O–H groups in total. The van der Waals surface area contributed by atoms with E-state index in [1.165, 1.54) is 12.2 Å². The van der Waals surface area contributed by atoms with Gasteiger partial charge >= 0.3 is 0 Å². The lowest BCUT2D eigenvalue weighted by Crippen LogP contribution is -1.90. The summed E-state index contributed by atoms with van der Waals surface area (Å²) in [7, 11) is -2.13. The van der Waals surface area contributed by atoms with Gasteiger partial charge in [-0.2, -0.15) is 8.42 Å². The lowest BCUT2D eigenvalue weighted by Gasteiger charge is -1.82. The summed E-state index contributed by atoms with van der Waals surface area (Å²) >= 11 is 0. The second-order valence-electron chi connectivity index (χ2n) is 1.40. The van der Waals surface area contributed by atoms with Crippen LogP contribution in [0.1, 0.15) is 6.42 Å². The van der Waals surface area contributed by atoms with Gasteiger partial charge in [0.2, 0.25) is 10.3 Å². The lowest BCUT2D eigenvalue weighted by atomic mass is 10.3. The first-order valence-corrected chi connectivity index (χ1v) is 3.48. The predicted molar refractivity (Wildman–Crippen MR) is 38.9 cm³/mol. The van der Waals surface area contributed by atoms with Crippen LogP contribution in [0, 0.1) is 0 Å². The molecule has 0 aromatic heterocycles. The molecule has 9 heavy (non-hydrogen) atoms. The molecule has 0 unspecified atom stereocenters. The highest BCUT2D eigenvalue weighted by Gasteiger charge is 1.88. The zero-order chi connectivity index (χ0) is 7.28. The second-order valence-corrected chi connectivity index (χ2v) is 2.39. The quantitative estimate of drug-likeness (QED) is 0.333. The second kappa shape index (κ2) is 4.09. The van der Waals surface area contributed by atoms with Crippen LogP contribution in [0.25, 0.3) is 0 Å². The lowest BCUT2D eigenvalue weighted by molar-refractivity contribution is 0.627. The van der Waals surface area contributed by atoms with Gasteiger partial charge in [-0.1, -0.05) is 18.7 Å². The molecule has 0 bridgehead atoms. The molecule has 0 aliphatic rings. The minimum atomic E-state index is -2.13. The van der Waals surface area contributed by atoms with Gasteiger partial charge in [0.15, 0.2) is 0 Å². The maximum Gasteiger partial charge on any atom is 0.217 e. The third-order valence-corrected chi connectivity index (χ3v) is 1.55. The normalized spacial score (nSPS) is 8.00. The molecule has 0 aliphatic heterocycles. The van der Waals surface area contributed by atoms with E-state index < -0.39 is 10.3 Å². The van der Waals surface area contributed by atoms with Crippen molar-refractivity contribution >= 4 is 15.2 Å². The molecule has 3 heteroatoms. The topological polar surface area (TPSA) is 34.1 Å². The van der Waals surface area contributed by atoms with Gasteiger partial charge in [0, 0.05) is 6.42 Å². The van der Waals surface area contributed by atoms with Gasteiger partial charge in [0.25, 0.3) is 0 Å². The highest BCUT2D eigenvalue weighted by atomic mass is 32.2. The van der Waals surface area contributed by atoms with Crippen LogP contribution < -0.4 is 0 Å². The van der Waals surface area contributed by atoms with Crippen molar-refractivity contribution in [3.8, 4) is 0 Å². The Balaban J connectivity index is 4.55. The van der Waals surface area contributed by atoms with Crippen LogP contribution in [0.15, 0.2) is 25.3 Å². The molecule has 2 nitrogen and oxygen atoms in total. The van der Waals surface area contributed by atoms with Gasteiger partial charge in [0.1, 0.15) is 0 Å². The van der Waals surface area contributed by atoms with E-state index in [1.54, 1.807) is 0 Å². The van der Waals surface area contributed by atoms with Crippen molar-refractivity contribution in [1.29, 1.82) is 0 Å². The molecule has 0 saturated carbocycles. The Kier molecular flexibility index (Phi) is 3.71. The largest absolute Gasteiger partial charge is 0.217 e. The van der Waals surface area contributed by atoms with Gasteiger partial charge < -0.3 is 0 Å². The van der Waals surface area contributed by atoms with E-state index in [9.17, 15) is 8.42 Å². The molecule has 0 saturated heterocycles. The highest BCUT2D eigenvalue weighted by molar-refractivity contribution is 7.73. The SMILES string of the molecule is C=CCC(C=C)=S(=O)=O. The maximum absolute atomic E-state index is 10.2. The molecule has 0 radical (unpaired) electrons. The van der Waals surface area contributed by atoms with E-state index in [0.29, 0.717) is 6.42 Å². The van der Waals surface area contributed by atoms with Crippen LogP contribution in [0.3, 0.4) is 0 Å². The standard InChI is InChI=1S/C6H8O2S/c1-3-5-6(4-2)9(7)8/h3-4H,1-2,5H2. The van der Waals surface area contributed by atoms with Crippen molar-refractivity contribution in [3.05, 3.63) is 25.3 Å². The molecule has 0 aromatic carbocycles. The molecule has 0 rings (SSSR count). The summed E-state index contributed by atoms with van der Waals surface area (Å²) in [4.78, 5) is 0.282. The molecule has 0 heterocycles. The number of rotatable bonds is 3. The van der Waals surface area contributed by atoms with Crippen molar-refractivity contribution in [2.24, 2.45) is 0 Å². The van der Waals surface area contributed by atoms with Gasteiger partial charge in [-0.3, -0.25) is 0 Å². The van der Waals surface area contributed by atoms with Crippen LogP contribution in [0.5, 0.6) is 0 Å². The zero-order valence-corrected chi connectivity index (χ0v) is 5.82. The van der Waals surface area contributed by atoms with Crippen molar-refractivity contribution < 1.29 is 8.42 Å². The monoisotopic (exact) mass is 144 g/mol. The third kappa shape index (κ3) is 2.87. The van der Waals surface area contributed by atoms with Crippen LogP contribution in [-0.4, -0.2) is 13.3 Å². The Labute approximate surface area is 56.0 Å². The fourth-order valence-electron chi connectivity index (χ4n) is 0.362. The fraction of sp³-hybridized carbons (Fsp3) is 0.167. The highest BCUT2D eigenvalue weighted by Crippen LogP contribution is 1.84. The van der Waals surface area contributed by atoms with Crippen molar-refractivity contribution in [2.75, 3.05) is 0 Å². The number of hydrogen-bond acceptors (Lipinski definition) is 2. The average molecular weight is 144 g/mol. The fourth-order valence-corrected chi connectivity index (χ4v) is 0.752. The van der Waals surface area contributed by atoms with Gasteiger partial charge in [-0.05, 0) is 0 Å². The van der Waals surface area contributed by atoms with Crippen LogP contribution in [0.4, 0.5) is 0 Å². The summed E-state index contributed by atoms with van der Waals surface area (Å²) in [6.07, 6.45) is 3.19. The third-order valence-electron chi connectivity index (χ3n) is 0.787. The van der Waals surface area contributed by atoms with E-state index in [1.807, 2.05) is 0 Å². The Morgan fingerprint density at radius 3 is 2.11 bits per heavy atom. The van der Waals surface area contributed by atoms with E-state index in [2.05, 4.69) is 13.2 Å². The summed E-state index contributed by atoms with van der Waals surface area (Å²) in [6.45, 7) is 6.71. The average Bonchev–Trinajstić information content (AvgIpc) is 1.82. The molecule has 0 aromatic rings. The molecule has 50 valence electrons. The Morgan fingerprint density at radius 1 is 1.44 bits per heavy atom. The molecule has 0 spiro atoms. The first-order valence-electron chi connectivity index (χ1n) is 2.40. The van der Waals surface area contributed by atoms with Gasteiger partial charge in [0.05, 0.1) is 4.86 Å². The van der Waals surface area contributed by atoms with Crippen LogP contribution in [-0.2, 0) is 10.3 Å². The minimum absolute atomic E-state index is 0.282. The van der Waals surface area contributed by atoms with Crippen LogP contribution in [0.2, 0.25) is 0 Å². The summed E-state index contributed by atoms with van der Waals surface area (Å²) < 4.78 is 20.3. The Hall–Kier alpha value is -0.830. The predicted octanol–water partition coefficient (Wildman–Crippen LogP) is 0.800. The van der Waals surface area contributed by atoms with E-state index in [-0.39, 0.29) is 4.86 Å². The molecule has 0 aliphatic carbocycles. The van der Waals surface area contributed by atoms with Crippen molar-refractivity contribution in [3.63, 3.8) is 0 Å². The Morgan fingerprint density at radius 2 is 2.00 bits per heavy atom. The minimum Gasteiger partial charge on any atom is -0.184 e. The van der Waals surface area contributed by atoms with E-state index >= 15 is 0 Å². The first kappa shape index (κ1) is 8.17. The summed E-state index contributed by atoms with van der Waals surface area (Å²) in [5, 5.41) is 0. The molecule has 0 atom stereocenters. The molecular weight excluding hydrogens is 136 g/mol. The molecular formula is C6H8O2S. The first-order chi connectivity index (χ1) is 4.22. The van der Waals surface area contributed by atoms with Crippen molar-refractivity contribution in [2.45, 2.75) is 6.42 Å². The maximum atomic E-state index is 10.2. The zero-order valence-electron chi connectivity index (χ0n) is 5.00.